The lowest BCUT2D eigenvalue weighted by atomic mass is 9.77. The van der Waals surface area contributed by atoms with Gasteiger partial charge in [0.1, 0.15) is 12.2 Å². The van der Waals surface area contributed by atoms with Crippen molar-refractivity contribution < 1.29 is 58.1 Å². The molecule has 47 heavy (non-hydrogen) atoms. The number of cyclic esters (lactones) is 1. The Hall–Kier alpha value is -1.26. The average molecular weight is 674 g/mol. The molecule has 0 aromatic heterocycles. The van der Waals surface area contributed by atoms with E-state index in [4.69, 9.17) is 33.2 Å². The van der Waals surface area contributed by atoms with Crippen LogP contribution in [0.5, 0.6) is 0 Å². The molecule has 0 aromatic carbocycles. The van der Waals surface area contributed by atoms with E-state index >= 15 is 0 Å². The third kappa shape index (κ3) is 7.31. The molecule has 17 atom stereocenters. The van der Waals surface area contributed by atoms with Crippen molar-refractivity contribution in [3.8, 4) is 0 Å². The molecular formula is C34H59NO12. The van der Waals surface area contributed by atoms with Crippen LogP contribution >= 0.6 is 0 Å². The molecule has 13 heteroatoms. The van der Waals surface area contributed by atoms with E-state index in [1.807, 2.05) is 46.7 Å². The van der Waals surface area contributed by atoms with E-state index in [1.54, 1.807) is 27.7 Å². The van der Waals surface area contributed by atoms with Crippen LogP contribution in [0.3, 0.4) is 0 Å². The second-order valence-electron chi connectivity index (χ2n) is 15.3. The molecule has 4 aliphatic rings. The van der Waals surface area contributed by atoms with Crippen molar-refractivity contribution in [2.75, 3.05) is 21.2 Å². The van der Waals surface area contributed by atoms with E-state index in [1.165, 1.54) is 14.0 Å². The first-order chi connectivity index (χ1) is 21.7. The summed E-state index contributed by atoms with van der Waals surface area (Å²) in [5.74, 6) is -5.96. The van der Waals surface area contributed by atoms with Crippen LogP contribution in [0, 0.1) is 23.7 Å². The molecule has 0 aliphatic carbocycles. The molecule has 4 rings (SSSR count). The molecule has 0 aromatic rings. The zero-order valence-electron chi connectivity index (χ0n) is 30.2. The third-order valence-corrected chi connectivity index (χ3v) is 11.4. The zero-order valence-corrected chi connectivity index (χ0v) is 30.2. The van der Waals surface area contributed by atoms with Crippen molar-refractivity contribution >= 4 is 11.8 Å². The Kier molecular flexibility index (Phi) is 11.6. The summed E-state index contributed by atoms with van der Waals surface area (Å²) in [6, 6.07) is -0.248. The maximum absolute atomic E-state index is 13.9. The van der Waals surface area contributed by atoms with Crippen LogP contribution in [0.4, 0.5) is 0 Å². The van der Waals surface area contributed by atoms with E-state index in [0.717, 1.165) is 0 Å². The first-order valence-electron chi connectivity index (χ1n) is 17.0. The van der Waals surface area contributed by atoms with Gasteiger partial charge < -0.3 is 53.4 Å². The number of esters is 1. The number of rotatable bonds is 7. The second-order valence-corrected chi connectivity index (χ2v) is 15.3. The Labute approximate surface area is 279 Å². The van der Waals surface area contributed by atoms with Gasteiger partial charge in [-0.3, -0.25) is 9.59 Å². The van der Waals surface area contributed by atoms with Crippen molar-refractivity contribution in [3.63, 3.8) is 0 Å². The third-order valence-electron chi connectivity index (χ3n) is 11.4. The molecular weight excluding hydrogens is 614 g/mol. The normalized spacial score (nSPS) is 51.4. The van der Waals surface area contributed by atoms with Crippen LogP contribution in [0.25, 0.3) is 0 Å². The van der Waals surface area contributed by atoms with Crippen LogP contribution in [0.2, 0.25) is 0 Å². The fourth-order valence-corrected chi connectivity index (χ4v) is 8.37. The average Bonchev–Trinajstić information content (AvgIpc) is 3.24. The van der Waals surface area contributed by atoms with E-state index < -0.39 is 102 Å². The predicted octanol–water partition coefficient (Wildman–Crippen LogP) is 2.01. The van der Waals surface area contributed by atoms with Gasteiger partial charge in [0.05, 0.1) is 47.5 Å². The number of ether oxygens (including phenoxy) is 7. The fraction of sp³-hybridized carbons (Fsp3) is 0.941. The number of methoxy groups -OCH3 is 1. The topological polar surface area (TPSA) is 163 Å². The summed E-state index contributed by atoms with van der Waals surface area (Å²) in [5.41, 5.74) is -2.18. The molecule has 4 aliphatic heterocycles. The van der Waals surface area contributed by atoms with E-state index in [-0.39, 0.29) is 18.6 Å². The number of aliphatic hydroxyl groups is 3. The van der Waals surface area contributed by atoms with Gasteiger partial charge in [0, 0.05) is 31.4 Å². The lowest BCUT2D eigenvalue weighted by Gasteiger charge is -2.48. The van der Waals surface area contributed by atoms with Gasteiger partial charge in [0.25, 0.3) is 0 Å². The molecule has 0 radical (unpaired) electrons. The number of aliphatic hydroxyl groups excluding tert-OH is 2. The lowest BCUT2D eigenvalue weighted by molar-refractivity contribution is -0.334. The SMILES string of the molecule is CO[C@]1(C)C[C@H](O[C@H]2[C@H](C)[C@@H](O[C@@H]3O[C@H](C)C[C@H](N(C)C)[C@H]3O)[C@@]3(C)C[C@@H](C)[C@@](O)(O3)[C@H](C)[C@H](C(C)=O)OC(=O)[C@@H]2C)O[C@@H](C)[C@@H]1O. The van der Waals surface area contributed by atoms with Gasteiger partial charge in [0.2, 0.25) is 0 Å². The highest BCUT2D eigenvalue weighted by Gasteiger charge is 2.62. The highest BCUT2D eigenvalue weighted by Crippen LogP contribution is 2.51. The summed E-state index contributed by atoms with van der Waals surface area (Å²) in [5, 5.41) is 34.4. The van der Waals surface area contributed by atoms with Crippen LogP contribution in [0.15, 0.2) is 0 Å². The van der Waals surface area contributed by atoms with Gasteiger partial charge in [-0.25, -0.2) is 0 Å². The fourth-order valence-electron chi connectivity index (χ4n) is 8.37. The standard InChI is InChI=1S/C34H59NO12/c1-16-14-33(9)29(46-31-25(37)23(35(10)11)13-17(2)42-31)18(3)26(44-24-15-32(8,41-12)28(38)22(7)43-24)19(4)30(39)45-27(21(6)36)20(5)34(16,40)47-33/h16-20,22-29,31,37-38,40H,13-15H2,1-12H3/t16-,17-,18+,19-,20-,22+,23+,24+,25-,26+,27-,28+,29-,31+,32-,33-,34-/m1/s1. The molecule has 0 saturated carbocycles. The number of fused-ring (bicyclic) bond motifs is 2. The monoisotopic (exact) mass is 673 g/mol. The van der Waals surface area contributed by atoms with Gasteiger partial charge in [-0.1, -0.05) is 20.8 Å². The van der Waals surface area contributed by atoms with Crippen LogP contribution in [-0.4, -0.2) is 132 Å². The predicted molar refractivity (Wildman–Crippen MR) is 169 cm³/mol. The Morgan fingerprint density at radius 2 is 1.64 bits per heavy atom. The minimum absolute atomic E-state index is 0.162. The Bertz CT molecular complexity index is 1120. The number of ketones is 1. The summed E-state index contributed by atoms with van der Waals surface area (Å²) in [7, 11) is 5.29. The number of hydrogen-bond donors (Lipinski definition) is 3. The van der Waals surface area contributed by atoms with Crippen LogP contribution in [0.1, 0.15) is 81.6 Å². The molecule has 2 bridgehead atoms. The molecule has 272 valence electrons. The summed E-state index contributed by atoms with van der Waals surface area (Å²) in [6.45, 7) is 15.6. The molecule has 13 nitrogen and oxygen atoms in total. The molecule has 4 heterocycles. The molecule has 0 amide bonds. The van der Waals surface area contributed by atoms with Gasteiger partial charge in [-0.05, 0) is 68.5 Å². The molecule has 0 spiro atoms. The Balaban J connectivity index is 1.81. The van der Waals surface area contributed by atoms with Gasteiger partial charge in [-0.2, -0.15) is 0 Å². The van der Waals surface area contributed by atoms with Gasteiger partial charge >= 0.3 is 5.97 Å². The number of Topliss-reactive ketones (excluding diaryl/α,β-unsaturated/α-hetero) is 1. The first-order valence-corrected chi connectivity index (χ1v) is 17.0. The van der Waals surface area contributed by atoms with Crippen molar-refractivity contribution in [1.29, 1.82) is 0 Å². The Morgan fingerprint density at radius 3 is 2.21 bits per heavy atom. The minimum Gasteiger partial charge on any atom is -0.454 e. The molecule has 3 N–H and O–H groups in total. The molecule has 4 saturated heterocycles. The van der Waals surface area contributed by atoms with E-state index in [0.29, 0.717) is 12.8 Å². The largest absolute Gasteiger partial charge is 0.454 e. The van der Waals surface area contributed by atoms with Crippen LogP contribution < -0.4 is 0 Å². The smallest absolute Gasteiger partial charge is 0.312 e. The number of carbonyl (C=O) groups is 2. The van der Waals surface area contributed by atoms with E-state index in [2.05, 4.69) is 0 Å². The first kappa shape index (κ1) is 38.5. The maximum atomic E-state index is 13.9. The van der Waals surface area contributed by atoms with Crippen molar-refractivity contribution in [1.82, 2.24) is 4.90 Å². The van der Waals surface area contributed by atoms with Gasteiger partial charge in [-0.15, -0.1) is 0 Å². The summed E-state index contributed by atoms with van der Waals surface area (Å²) >= 11 is 0. The molecule has 4 fully saturated rings. The lowest BCUT2D eigenvalue weighted by Crippen LogP contribution is -2.60. The van der Waals surface area contributed by atoms with Crippen molar-refractivity contribution in [3.05, 3.63) is 0 Å². The minimum atomic E-state index is -1.85. The number of likely N-dealkylation sites (N-methyl/N-ethyl adjacent to an activating group) is 1. The van der Waals surface area contributed by atoms with Gasteiger partial charge in [0.15, 0.2) is 30.3 Å². The summed E-state index contributed by atoms with van der Waals surface area (Å²) < 4.78 is 43.9. The maximum Gasteiger partial charge on any atom is 0.312 e. The van der Waals surface area contributed by atoms with Crippen molar-refractivity contribution in [2.24, 2.45) is 23.7 Å². The second kappa shape index (κ2) is 14.2. The van der Waals surface area contributed by atoms with Crippen LogP contribution in [-0.2, 0) is 42.7 Å². The highest BCUT2D eigenvalue weighted by molar-refractivity contribution is 5.84. The van der Waals surface area contributed by atoms with E-state index in [9.17, 15) is 24.9 Å². The number of nitrogens with zero attached hydrogens (tertiary/aromatic N) is 1. The quantitative estimate of drug-likeness (QED) is 0.337. The number of carbonyl (C=O) groups excluding carboxylic acids is 2. The Morgan fingerprint density at radius 1 is 1.00 bits per heavy atom. The highest BCUT2D eigenvalue weighted by atomic mass is 16.7. The summed E-state index contributed by atoms with van der Waals surface area (Å²) in [6.07, 6.45) is -6.79. The number of hydrogen-bond acceptors (Lipinski definition) is 13. The van der Waals surface area contributed by atoms with Crippen molar-refractivity contribution in [2.45, 2.75) is 160 Å². The summed E-state index contributed by atoms with van der Waals surface area (Å²) in [4.78, 5) is 28.7. The molecule has 0 unspecified atom stereocenters. The zero-order chi connectivity index (χ0) is 35.4.